The van der Waals surface area contributed by atoms with Crippen LogP contribution in [0.3, 0.4) is 0 Å². The number of carbonyl (C=O) groups is 2. The predicted molar refractivity (Wildman–Crippen MR) is 136 cm³/mol. The molecular formula is C26H35N5O2S. The van der Waals surface area contributed by atoms with Gasteiger partial charge in [0.15, 0.2) is 0 Å². The van der Waals surface area contributed by atoms with Crippen LogP contribution in [0, 0.1) is 0 Å². The summed E-state index contributed by atoms with van der Waals surface area (Å²) < 4.78 is 0. The maximum atomic E-state index is 13.0. The molecule has 5 rings (SSSR count). The number of fused-ring (bicyclic) bond motifs is 1. The Hall–Kier alpha value is -2.42. The molecule has 3 atom stereocenters. The summed E-state index contributed by atoms with van der Waals surface area (Å²) in [6.45, 7) is 5.67. The summed E-state index contributed by atoms with van der Waals surface area (Å²) in [4.78, 5) is 36.3. The molecule has 0 spiro atoms. The van der Waals surface area contributed by atoms with Crippen LogP contribution in [0.2, 0.25) is 0 Å². The van der Waals surface area contributed by atoms with E-state index in [1.807, 2.05) is 11.0 Å². The highest BCUT2D eigenvalue weighted by atomic mass is 32.1. The topological polar surface area (TPSA) is 59.1 Å². The van der Waals surface area contributed by atoms with Crippen molar-refractivity contribution in [2.75, 3.05) is 51.2 Å². The molecule has 34 heavy (non-hydrogen) atoms. The number of piperazine rings is 1. The van der Waals surface area contributed by atoms with E-state index in [2.05, 4.69) is 68.8 Å². The number of carbonyl (C=O) groups excluding carboxylic acids is 2. The fraction of sp³-hybridized carbons (Fsp3) is 0.538. The van der Waals surface area contributed by atoms with Gasteiger partial charge in [-0.2, -0.15) is 0 Å². The van der Waals surface area contributed by atoms with Crippen molar-refractivity contribution in [1.29, 1.82) is 0 Å². The molecule has 7 nitrogen and oxygen atoms in total. The minimum absolute atomic E-state index is 0.112. The Morgan fingerprint density at radius 2 is 1.85 bits per heavy atom. The van der Waals surface area contributed by atoms with Crippen LogP contribution in [0.1, 0.15) is 24.1 Å². The highest BCUT2D eigenvalue weighted by Crippen LogP contribution is 2.29. The average molecular weight is 482 g/mol. The number of likely N-dealkylation sites (tertiary alicyclic amines) is 1. The maximum Gasteiger partial charge on any atom is 0.239 e. The molecule has 3 saturated heterocycles. The SMILES string of the molecule is CN1C(CCC(=O)N2CCN(c3ccccc3)CC2)CNC(=O)C2C1CCN2Cc1cccs1. The van der Waals surface area contributed by atoms with Gasteiger partial charge in [0.1, 0.15) is 6.04 Å². The molecule has 4 heterocycles. The smallest absolute Gasteiger partial charge is 0.239 e. The van der Waals surface area contributed by atoms with E-state index < -0.39 is 0 Å². The van der Waals surface area contributed by atoms with E-state index in [-0.39, 0.29) is 29.9 Å². The van der Waals surface area contributed by atoms with Crippen molar-refractivity contribution >= 4 is 28.8 Å². The molecule has 0 radical (unpaired) electrons. The van der Waals surface area contributed by atoms with Crippen LogP contribution in [0.25, 0.3) is 0 Å². The molecule has 0 saturated carbocycles. The lowest BCUT2D eigenvalue weighted by Gasteiger charge is -2.37. The van der Waals surface area contributed by atoms with Gasteiger partial charge in [0.25, 0.3) is 0 Å². The van der Waals surface area contributed by atoms with Gasteiger partial charge >= 0.3 is 0 Å². The molecule has 1 aromatic carbocycles. The molecule has 2 amide bonds. The zero-order valence-corrected chi connectivity index (χ0v) is 20.8. The van der Waals surface area contributed by atoms with Crippen LogP contribution < -0.4 is 10.2 Å². The van der Waals surface area contributed by atoms with E-state index in [4.69, 9.17) is 0 Å². The molecule has 0 bridgehead atoms. The van der Waals surface area contributed by atoms with Crippen LogP contribution >= 0.6 is 11.3 Å². The largest absolute Gasteiger partial charge is 0.368 e. The van der Waals surface area contributed by atoms with Crippen molar-refractivity contribution in [3.63, 3.8) is 0 Å². The number of thiophene rings is 1. The number of anilines is 1. The molecule has 1 aromatic heterocycles. The van der Waals surface area contributed by atoms with Gasteiger partial charge in [-0.3, -0.25) is 19.4 Å². The summed E-state index contributed by atoms with van der Waals surface area (Å²) in [6.07, 6.45) is 2.31. The van der Waals surface area contributed by atoms with E-state index >= 15 is 0 Å². The highest BCUT2D eigenvalue weighted by molar-refractivity contribution is 7.09. The third-order valence-corrected chi connectivity index (χ3v) is 8.59. The second kappa shape index (κ2) is 10.5. The fourth-order valence-corrected chi connectivity index (χ4v) is 6.46. The van der Waals surface area contributed by atoms with Crippen molar-refractivity contribution in [2.45, 2.75) is 43.9 Å². The Morgan fingerprint density at radius 3 is 2.59 bits per heavy atom. The number of rotatable bonds is 6. The zero-order chi connectivity index (χ0) is 23.5. The van der Waals surface area contributed by atoms with Gasteiger partial charge in [0.05, 0.1) is 0 Å². The number of amides is 2. The molecule has 0 aliphatic carbocycles. The second-order valence-electron chi connectivity index (χ2n) is 9.66. The van der Waals surface area contributed by atoms with Gasteiger partial charge in [-0.1, -0.05) is 24.3 Å². The van der Waals surface area contributed by atoms with Crippen LogP contribution in [0.4, 0.5) is 5.69 Å². The number of para-hydroxylation sites is 1. The number of likely N-dealkylation sites (N-methyl/N-ethyl adjacent to an activating group) is 1. The summed E-state index contributed by atoms with van der Waals surface area (Å²) in [6, 6.07) is 14.9. The third-order valence-electron chi connectivity index (χ3n) is 7.73. The molecular weight excluding hydrogens is 446 g/mol. The molecule has 3 aliphatic rings. The first-order chi connectivity index (χ1) is 16.6. The van der Waals surface area contributed by atoms with Crippen molar-refractivity contribution in [2.24, 2.45) is 0 Å². The van der Waals surface area contributed by atoms with Gasteiger partial charge in [-0.05, 0) is 43.5 Å². The zero-order valence-electron chi connectivity index (χ0n) is 19.9. The van der Waals surface area contributed by atoms with Gasteiger partial charge in [-0.15, -0.1) is 11.3 Å². The number of hydrogen-bond donors (Lipinski definition) is 1. The monoisotopic (exact) mass is 481 g/mol. The number of benzene rings is 1. The summed E-state index contributed by atoms with van der Waals surface area (Å²) in [5.41, 5.74) is 1.23. The standard InChI is InChI=1S/C26H35N5O2S/c1-28-21(9-10-24(32)30-15-13-29(14-16-30)20-6-3-2-4-7-20)18-27-26(33)25-23(28)11-12-31(25)19-22-8-5-17-34-22/h2-8,17,21,23,25H,9-16,18-19H2,1H3,(H,27,33). The van der Waals surface area contributed by atoms with Crippen molar-refractivity contribution < 1.29 is 9.59 Å². The van der Waals surface area contributed by atoms with Gasteiger partial charge in [0.2, 0.25) is 11.8 Å². The Bertz CT molecular complexity index is 961. The van der Waals surface area contributed by atoms with E-state index in [0.717, 1.165) is 52.1 Å². The Labute approximate surface area is 206 Å². The summed E-state index contributed by atoms with van der Waals surface area (Å²) >= 11 is 1.75. The van der Waals surface area contributed by atoms with Crippen molar-refractivity contribution in [3.8, 4) is 0 Å². The third kappa shape index (κ3) is 4.99. The van der Waals surface area contributed by atoms with Crippen molar-refractivity contribution in [3.05, 3.63) is 52.7 Å². The van der Waals surface area contributed by atoms with Crippen LogP contribution in [0.15, 0.2) is 47.8 Å². The van der Waals surface area contributed by atoms with Gasteiger partial charge < -0.3 is 15.1 Å². The molecule has 182 valence electrons. The first-order valence-corrected chi connectivity index (χ1v) is 13.3. The molecule has 3 aliphatic heterocycles. The summed E-state index contributed by atoms with van der Waals surface area (Å²) in [5.74, 6) is 0.371. The quantitative estimate of drug-likeness (QED) is 0.686. The first kappa shape index (κ1) is 23.3. The van der Waals surface area contributed by atoms with Gasteiger partial charge in [0, 0.05) is 74.9 Å². The Morgan fingerprint density at radius 1 is 1.06 bits per heavy atom. The normalized spacial score (nSPS) is 26.3. The van der Waals surface area contributed by atoms with E-state index in [9.17, 15) is 9.59 Å². The molecule has 8 heteroatoms. The maximum absolute atomic E-state index is 13.0. The minimum atomic E-state index is -0.112. The molecule has 3 fully saturated rings. The fourth-order valence-electron chi connectivity index (χ4n) is 5.73. The lowest BCUT2D eigenvalue weighted by atomic mass is 10.0. The Balaban J connectivity index is 1.13. The lowest BCUT2D eigenvalue weighted by Crippen LogP contribution is -2.50. The minimum Gasteiger partial charge on any atom is -0.368 e. The number of nitrogens with one attached hydrogen (secondary N) is 1. The average Bonchev–Trinajstić information content (AvgIpc) is 3.52. The summed E-state index contributed by atoms with van der Waals surface area (Å²) in [5, 5.41) is 5.28. The van der Waals surface area contributed by atoms with Crippen molar-refractivity contribution in [1.82, 2.24) is 20.0 Å². The molecule has 2 aromatic rings. The van der Waals surface area contributed by atoms with Gasteiger partial charge in [-0.25, -0.2) is 0 Å². The predicted octanol–water partition coefficient (Wildman–Crippen LogP) is 2.25. The second-order valence-corrected chi connectivity index (χ2v) is 10.7. The summed E-state index contributed by atoms with van der Waals surface area (Å²) in [7, 11) is 2.14. The lowest BCUT2D eigenvalue weighted by molar-refractivity contribution is -0.132. The van der Waals surface area contributed by atoms with Crippen LogP contribution in [0.5, 0.6) is 0 Å². The number of nitrogens with zero attached hydrogens (tertiary/aromatic N) is 4. The van der Waals surface area contributed by atoms with E-state index in [1.54, 1.807) is 11.3 Å². The van der Waals surface area contributed by atoms with Crippen LogP contribution in [-0.4, -0.2) is 91.0 Å². The van der Waals surface area contributed by atoms with Crippen LogP contribution in [-0.2, 0) is 16.1 Å². The van der Waals surface area contributed by atoms with E-state index in [0.29, 0.717) is 13.0 Å². The highest BCUT2D eigenvalue weighted by Gasteiger charge is 2.45. The van der Waals surface area contributed by atoms with E-state index in [1.165, 1.54) is 10.6 Å². The first-order valence-electron chi connectivity index (χ1n) is 12.4. The molecule has 1 N–H and O–H groups in total. The Kier molecular flexibility index (Phi) is 7.18. The molecule has 3 unspecified atom stereocenters. The number of hydrogen-bond acceptors (Lipinski definition) is 6.